The third-order valence-electron chi connectivity index (χ3n) is 6.16. The van der Waals surface area contributed by atoms with Crippen LogP contribution in [0, 0.1) is 11.3 Å². The van der Waals surface area contributed by atoms with Crippen molar-refractivity contribution in [1.29, 1.82) is 0 Å². The van der Waals surface area contributed by atoms with Gasteiger partial charge in [-0.15, -0.1) is 0 Å². The number of carboxylic acids is 1. The van der Waals surface area contributed by atoms with E-state index in [0.29, 0.717) is 24.4 Å². The number of carbonyl (C=O) groups excluding carboxylic acids is 1. The maximum absolute atomic E-state index is 13.2. The molecule has 0 spiro atoms. The molecule has 1 aliphatic heterocycles. The second-order valence-corrected chi connectivity index (χ2v) is 8.27. The highest BCUT2D eigenvalue weighted by Crippen LogP contribution is 2.45. The molecule has 1 saturated carbocycles. The van der Waals surface area contributed by atoms with E-state index in [1.807, 2.05) is 6.07 Å². The lowest BCUT2D eigenvalue weighted by atomic mass is 9.73. The van der Waals surface area contributed by atoms with Crippen molar-refractivity contribution in [1.82, 2.24) is 4.90 Å². The first-order chi connectivity index (χ1) is 13.9. The molecule has 152 valence electrons. The van der Waals surface area contributed by atoms with Gasteiger partial charge in [0.25, 0.3) is 5.91 Å². The summed E-state index contributed by atoms with van der Waals surface area (Å²) in [4.78, 5) is 26.8. The van der Waals surface area contributed by atoms with E-state index < -0.39 is 17.5 Å². The van der Waals surface area contributed by atoms with Crippen LogP contribution in [0.25, 0.3) is 11.1 Å². The van der Waals surface area contributed by atoms with Crippen LogP contribution in [0.15, 0.2) is 48.5 Å². The summed E-state index contributed by atoms with van der Waals surface area (Å²) < 4.78 is 0. The van der Waals surface area contributed by atoms with E-state index in [2.05, 4.69) is 0 Å². The van der Waals surface area contributed by atoms with Crippen LogP contribution in [0.3, 0.4) is 0 Å². The Hall–Kier alpha value is -2.86. The number of carbonyl (C=O) groups is 2. The molecular weight excluding hydrogens is 370 g/mol. The van der Waals surface area contributed by atoms with Crippen LogP contribution in [0.1, 0.15) is 36.0 Å². The topological polar surface area (TPSA) is 98.1 Å². The van der Waals surface area contributed by atoms with Gasteiger partial charge in [0.05, 0.1) is 6.10 Å². The van der Waals surface area contributed by atoms with Gasteiger partial charge in [0, 0.05) is 18.7 Å². The van der Waals surface area contributed by atoms with Crippen LogP contribution in [-0.2, 0) is 4.79 Å². The summed E-state index contributed by atoms with van der Waals surface area (Å²) >= 11 is 0. The van der Waals surface area contributed by atoms with Gasteiger partial charge >= 0.3 is 5.97 Å². The Kier molecular flexibility index (Phi) is 5.04. The molecule has 3 N–H and O–H groups in total. The predicted molar refractivity (Wildman–Crippen MR) is 107 cm³/mol. The number of carboxylic acid groups (broad SMARTS) is 1. The van der Waals surface area contributed by atoms with Crippen molar-refractivity contribution >= 4 is 11.9 Å². The van der Waals surface area contributed by atoms with Crippen molar-refractivity contribution in [3.05, 3.63) is 54.1 Å². The summed E-state index contributed by atoms with van der Waals surface area (Å²) in [6, 6.07) is 13.9. The normalized spacial score (nSPS) is 24.3. The largest absolute Gasteiger partial charge is 0.508 e. The van der Waals surface area contributed by atoms with E-state index in [1.54, 1.807) is 47.4 Å². The highest BCUT2D eigenvalue weighted by molar-refractivity contribution is 5.96. The molecule has 6 nitrogen and oxygen atoms in total. The van der Waals surface area contributed by atoms with Gasteiger partial charge in [0.15, 0.2) is 0 Å². The summed E-state index contributed by atoms with van der Waals surface area (Å²) in [7, 11) is 0. The number of aliphatic hydroxyl groups is 1. The van der Waals surface area contributed by atoms with Crippen molar-refractivity contribution in [3.63, 3.8) is 0 Å². The van der Waals surface area contributed by atoms with E-state index in [-0.39, 0.29) is 24.6 Å². The molecule has 1 saturated heterocycles. The smallest absolute Gasteiger partial charge is 0.314 e. The lowest BCUT2D eigenvalue weighted by Crippen LogP contribution is -2.57. The monoisotopic (exact) mass is 395 g/mol. The molecule has 1 aliphatic carbocycles. The summed E-state index contributed by atoms with van der Waals surface area (Å²) in [5.74, 6) is -0.742. The van der Waals surface area contributed by atoms with Crippen LogP contribution in [0.5, 0.6) is 5.75 Å². The Morgan fingerprint density at radius 2 is 1.76 bits per heavy atom. The van der Waals surface area contributed by atoms with Crippen molar-refractivity contribution in [2.24, 2.45) is 11.3 Å². The Morgan fingerprint density at radius 3 is 2.41 bits per heavy atom. The zero-order chi connectivity index (χ0) is 20.6. The van der Waals surface area contributed by atoms with Crippen LogP contribution >= 0.6 is 0 Å². The number of hydrogen-bond acceptors (Lipinski definition) is 4. The van der Waals surface area contributed by atoms with Crippen LogP contribution in [0.2, 0.25) is 0 Å². The number of piperidine rings is 1. The molecule has 6 heteroatoms. The predicted octanol–water partition coefficient (Wildman–Crippen LogP) is 3.14. The molecule has 2 fully saturated rings. The number of phenols is 1. The van der Waals surface area contributed by atoms with Crippen LogP contribution < -0.4 is 0 Å². The highest BCUT2D eigenvalue weighted by Gasteiger charge is 2.52. The molecule has 2 atom stereocenters. The maximum Gasteiger partial charge on any atom is 0.314 e. The Labute approximate surface area is 169 Å². The minimum Gasteiger partial charge on any atom is -0.508 e. The third-order valence-corrected chi connectivity index (χ3v) is 6.16. The van der Waals surface area contributed by atoms with Crippen molar-refractivity contribution in [3.8, 4) is 16.9 Å². The molecule has 0 radical (unpaired) electrons. The Morgan fingerprint density at radius 1 is 1.03 bits per heavy atom. The standard InChI is InChI=1S/C23H25NO5/c25-19-8-6-16(7-9-19)17-2-1-3-18(12-17)21(27)24-11-10-20(26)23(14-24,22(28)29)13-15-4-5-15/h1-3,6-9,12,15,20,25-26H,4-5,10-11,13-14H2,(H,28,29)/t20-,23+/m1/s1. The molecule has 4 rings (SSSR count). The molecular formula is C23H25NO5. The molecule has 29 heavy (non-hydrogen) atoms. The lowest BCUT2D eigenvalue weighted by Gasteiger charge is -2.43. The van der Waals surface area contributed by atoms with Gasteiger partial charge in [-0.05, 0) is 54.2 Å². The summed E-state index contributed by atoms with van der Waals surface area (Å²) in [6.07, 6.45) is 1.73. The second kappa shape index (κ2) is 7.52. The number of aliphatic hydroxyl groups excluding tert-OH is 1. The quantitative estimate of drug-likeness (QED) is 0.723. The number of likely N-dealkylation sites (tertiary alicyclic amines) is 1. The van der Waals surface area contributed by atoms with Gasteiger partial charge in [-0.3, -0.25) is 9.59 Å². The molecule has 0 aromatic heterocycles. The fourth-order valence-corrected chi connectivity index (χ4v) is 4.26. The number of nitrogens with zero attached hydrogens (tertiary/aromatic N) is 1. The third kappa shape index (κ3) is 3.85. The van der Waals surface area contributed by atoms with Crippen LogP contribution in [-0.4, -0.2) is 51.3 Å². The van der Waals surface area contributed by atoms with Gasteiger partial charge in [0.1, 0.15) is 11.2 Å². The molecule has 1 amide bonds. The lowest BCUT2D eigenvalue weighted by molar-refractivity contribution is -0.163. The number of hydrogen-bond donors (Lipinski definition) is 3. The van der Waals surface area contributed by atoms with Gasteiger partial charge in [0.2, 0.25) is 0 Å². The highest BCUT2D eigenvalue weighted by atomic mass is 16.4. The van der Waals surface area contributed by atoms with Gasteiger partial charge in [-0.25, -0.2) is 0 Å². The average Bonchev–Trinajstić information content (AvgIpc) is 3.53. The SMILES string of the molecule is O=C(c1cccc(-c2ccc(O)cc2)c1)N1CC[C@@H](O)[C@@](CC2CC2)(C(=O)O)C1. The minimum atomic E-state index is -1.29. The van der Waals surface area contributed by atoms with Crippen molar-refractivity contribution in [2.45, 2.75) is 31.8 Å². The Bertz CT molecular complexity index is 921. The summed E-state index contributed by atoms with van der Waals surface area (Å²) in [6.45, 7) is 0.366. The van der Waals surface area contributed by atoms with E-state index >= 15 is 0 Å². The number of aliphatic carboxylic acids is 1. The zero-order valence-corrected chi connectivity index (χ0v) is 16.1. The first kappa shape index (κ1) is 19.5. The average molecular weight is 395 g/mol. The van der Waals surface area contributed by atoms with E-state index in [0.717, 1.165) is 24.0 Å². The minimum absolute atomic E-state index is 0.0300. The number of rotatable bonds is 5. The van der Waals surface area contributed by atoms with Crippen LogP contribution in [0.4, 0.5) is 0 Å². The molecule has 2 aromatic rings. The van der Waals surface area contributed by atoms with Crippen molar-refractivity contribution < 1.29 is 24.9 Å². The molecule has 0 unspecified atom stereocenters. The summed E-state index contributed by atoms with van der Waals surface area (Å²) in [5, 5.41) is 29.9. The van der Waals surface area contributed by atoms with E-state index in [9.17, 15) is 24.9 Å². The molecule has 1 heterocycles. The number of aromatic hydroxyl groups is 1. The molecule has 2 aliphatic rings. The number of benzene rings is 2. The number of phenolic OH excluding ortho intramolecular Hbond substituents is 1. The molecule has 2 aromatic carbocycles. The number of amides is 1. The Balaban J connectivity index is 1.58. The van der Waals surface area contributed by atoms with E-state index in [4.69, 9.17) is 0 Å². The van der Waals surface area contributed by atoms with Crippen molar-refractivity contribution in [2.75, 3.05) is 13.1 Å². The van der Waals surface area contributed by atoms with Gasteiger partial charge in [-0.1, -0.05) is 37.1 Å². The zero-order valence-electron chi connectivity index (χ0n) is 16.1. The second-order valence-electron chi connectivity index (χ2n) is 8.27. The van der Waals surface area contributed by atoms with Gasteiger partial charge < -0.3 is 20.2 Å². The van der Waals surface area contributed by atoms with Gasteiger partial charge in [-0.2, -0.15) is 0 Å². The maximum atomic E-state index is 13.2. The first-order valence-electron chi connectivity index (χ1n) is 9.99. The van der Waals surface area contributed by atoms with E-state index in [1.165, 1.54) is 0 Å². The summed E-state index contributed by atoms with van der Waals surface area (Å²) in [5.41, 5.74) is 0.914. The molecule has 0 bridgehead atoms. The fraction of sp³-hybridized carbons (Fsp3) is 0.391. The first-order valence-corrected chi connectivity index (χ1v) is 9.99. The fourth-order valence-electron chi connectivity index (χ4n) is 4.26.